The Labute approximate surface area is 209 Å². The SMILES string of the molecule is CN(CC(=O)NCCCc1ccccc1)c1nn2c(NC(C)(C)C)c(-c3ccc(F)cc3)nc2s1. The summed E-state index contributed by atoms with van der Waals surface area (Å²) in [5, 5.41) is 11.9. The van der Waals surface area contributed by atoms with E-state index in [0.29, 0.717) is 22.3 Å². The number of carbonyl (C=O) groups is 1. The minimum Gasteiger partial charge on any atom is -0.364 e. The normalized spacial score (nSPS) is 11.6. The molecule has 2 N–H and O–H groups in total. The van der Waals surface area contributed by atoms with Crippen LogP contribution in [0.5, 0.6) is 0 Å². The second-order valence-corrected chi connectivity index (χ2v) is 10.5. The van der Waals surface area contributed by atoms with Crippen LogP contribution < -0.4 is 15.5 Å². The maximum Gasteiger partial charge on any atom is 0.239 e. The van der Waals surface area contributed by atoms with Crippen molar-refractivity contribution in [3.05, 3.63) is 66.0 Å². The predicted molar refractivity (Wildman–Crippen MR) is 141 cm³/mol. The summed E-state index contributed by atoms with van der Waals surface area (Å²) in [5.74, 6) is 0.397. The number of fused-ring (bicyclic) bond motifs is 1. The van der Waals surface area contributed by atoms with Gasteiger partial charge in [-0.3, -0.25) is 4.79 Å². The van der Waals surface area contributed by atoms with Crippen molar-refractivity contribution in [3.8, 4) is 11.3 Å². The number of rotatable bonds is 9. The number of aromatic nitrogens is 3. The summed E-state index contributed by atoms with van der Waals surface area (Å²) in [4.78, 5) is 19.8. The van der Waals surface area contributed by atoms with Crippen molar-refractivity contribution in [1.29, 1.82) is 0 Å². The monoisotopic (exact) mass is 494 g/mol. The molecule has 2 aromatic carbocycles. The average Bonchev–Trinajstić information content (AvgIpc) is 3.37. The Hall–Kier alpha value is -3.46. The summed E-state index contributed by atoms with van der Waals surface area (Å²) in [6, 6.07) is 16.5. The highest BCUT2D eigenvalue weighted by atomic mass is 32.1. The van der Waals surface area contributed by atoms with E-state index in [9.17, 15) is 9.18 Å². The molecular weight excluding hydrogens is 463 g/mol. The van der Waals surface area contributed by atoms with E-state index in [-0.39, 0.29) is 23.8 Å². The molecule has 0 radical (unpaired) electrons. The third-order valence-corrected chi connectivity index (χ3v) is 6.34. The molecule has 7 nitrogen and oxygen atoms in total. The number of imidazole rings is 1. The van der Waals surface area contributed by atoms with Gasteiger partial charge in [0.2, 0.25) is 16.0 Å². The molecule has 0 saturated heterocycles. The van der Waals surface area contributed by atoms with Gasteiger partial charge in [0, 0.05) is 24.7 Å². The number of likely N-dealkylation sites (N-methyl/N-ethyl adjacent to an activating group) is 1. The molecular formula is C26H31FN6OS. The Kier molecular flexibility index (Phi) is 7.35. The number of nitrogens with one attached hydrogen (secondary N) is 2. The molecule has 184 valence electrons. The molecule has 0 aliphatic heterocycles. The van der Waals surface area contributed by atoms with Crippen LogP contribution in [-0.4, -0.2) is 46.2 Å². The van der Waals surface area contributed by atoms with E-state index in [1.54, 1.807) is 16.6 Å². The van der Waals surface area contributed by atoms with Crippen LogP contribution in [0.4, 0.5) is 15.3 Å². The Morgan fingerprint density at radius 3 is 2.51 bits per heavy atom. The fourth-order valence-electron chi connectivity index (χ4n) is 3.67. The fraction of sp³-hybridized carbons (Fsp3) is 0.346. The first-order chi connectivity index (χ1) is 16.7. The van der Waals surface area contributed by atoms with Gasteiger partial charge in [0.15, 0.2) is 5.82 Å². The number of nitrogens with zero attached hydrogens (tertiary/aromatic N) is 4. The van der Waals surface area contributed by atoms with Gasteiger partial charge in [0.05, 0.1) is 6.54 Å². The highest BCUT2D eigenvalue weighted by Gasteiger charge is 2.23. The summed E-state index contributed by atoms with van der Waals surface area (Å²) >= 11 is 1.40. The third kappa shape index (κ3) is 6.36. The molecule has 1 amide bonds. The van der Waals surface area contributed by atoms with Gasteiger partial charge in [-0.05, 0) is 63.4 Å². The van der Waals surface area contributed by atoms with Crippen LogP contribution in [-0.2, 0) is 11.2 Å². The zero-order chi connectivity index (χ0) is 25.0. The first kappa shape index (κ1) is 24.7. The molecule has 0 aliphatic carbocycles. The Balaban J connectivity index is 1.44. The number of aryl methyl sites for hydroxylation is 1. The van der Waals surface area contributed by atoms with Crippen LogP contribution >= 0.6 is 11.3 Å². The minimum atomic E-state index is -0.291. The van der Waals surface area contributed by atoms with Crippen molar-refractivity contribution in [2.75, 3.05) is 30.4 Å². The molecule has 0 bridgehead atoms. The van der Waals surface area contributed by atoms with Crippen molar-refractivity contribution < 1.29 is 9.18 Å². The second kappa shape index (κ2) is 10.4. The smallest absolute Gasteiger partial charge is 0.239 e. The second-order valence-electron chi connectivity index (χ2n) is 9.57. The number of carbonyl (C=O) groups excluding carboxylic acids is 1. The largest absolute Gasteiger partial charge is 0.364 e. The van der Waals surface area contributed by atoms with E-state index in [1.807, 2.05) is 30.1 Å². The molecule has 9 heteroatoms. The summed E-state index contributed by atoms with van der Waals surface area (Å²) in [6.07, 6.45) is 1.82. The number of halogens is 1. The van der Waals surface area contributed by atoms with Crippen LogP contribution in [0.2, 0.25) is 0 Å². The maximum atomic E-state index is 13.5. The van der Waals surface area contributed by atoms with Gasteiger partial charge >= 0.3 is 0 Å². The summed E-state index contributed by atoms with van der Waals surface area (Å²) in [5.41, 5.74) is 2.55. The molecule has 0 aliphatic rings. The molecule has 4 rings (SSSR count). The van der Waals surface area contributed by atoms with E-state index in [0.717, 1.165) is 24.2 Å². The van der Waals surface area contributed by atoms with E-state index in [1.165, 1.54) is 29.0 Å². The molecule has 0 unspecified atom stereocenters. The number of hydrogen-bond acceptors (Lipinski definition) is 6. The van der Waals surface area contributed by atoms with Gasteiger partial charge in [-0.1, -0.05) is 41.7 Å². The first-order valence-electron chi connectivity index (χ1n) is 11.6. The Morgan fingerprint density at radius 1 is 1.11 bits per heavy atom. The maximum absolute atomic E-state index is 13.5. The van der Waals surface area contributed by atoms with Crippen LogP contribution in [0.3, 0.4) is 0 Å². The lowest BCUT2D eigenvalue weighted by Gasteiger charge is -2.22. The quantitative estimate of drug-likeness (QED) is 0.321. The van der Waals surface area contributed by atoms with Gasteiger partial charge in [-0.2, -0.15) is 4.52 Å². The van der Waals surface area contributed by atoms with Crippen LogP contribution in [0.1, 0.15) is 32.8 Å². The van der Waals surface area contributed by atoms with Crippen molar-refractivity contribution in [1.82, 2.24) is 19.9 Å². The van der Waals surface area contributed by atoms with Gasteiger partial charge in [-0.15, -0.1) is 5.10 Å². The lowest BCUT2D eigenvalue weighted by atomic mass is 10.1. The van der Waals surface area contributed by atoms with Crippen molar-refractivity contribution in [2.24, 2.45) is 0 Å². The average molecular weight is 495 g/mol. The number of benzene rings is 2. The van der Waals surface area contributed by atoms with E-state index in [4.69, 9.17) is 10.1 Å². The standard InChI is InChI=1S/C26H31FN6OS/c1-26(2,3)30-23-22(19-12-14-20(27)15-13-19)29-24-33(23)31-25(35-24)32(4)17-21(34)28-16-8-11-18-9-6-5-7-10-18/h5-7,9-10,12-15,30H,8,11,16-17H2,1-4H3,(H,28,34). The predicted octanol–water partition coefficient (Wildman–Crippen LogP) is 4.99. The summed E-state index contributed by atoms with van der Waals surface area (Å²) < 4.78 is 15.2. The van der Waals surface area contributed by atoms with Crippen molar-refractivity contribution in [2.45, 2.75) is 39.2 Å². The van der Waals surface area contributed by atoms with E-state index < -0.39 is 0 Å². The lowest BCUT2D eigenvalue weighted by molar-refractivity contribution is -0.119. The molecule has 2 heterocycles. The number of hydrogen-bond donors (Lipinski definition) is 2. The third-order valence-electron chi connectivity index (χ3n) is 5.32. The zero-order valence-corrected chi connectivity index (χ0v) is 21.3. The molecule has 35 heavy (non-hydrogen) atoms. The topological polar surface area (TPSA) is 74.6 Å². The highest BCUT2D eigenvalue weighted by Crippen LogP contribution is 2.34. The Morgan fingerprint density at radius 2 is 1.83 bits per heavy atom. The lowest BCUT2D eigenvalue weighted by Crippen LogP contribution is -2.35. The van der Waals surface area contributed by atoms with Crippen LogP contribution in [0.25, 0.3) is 16.2 Å². The molecule has 0 saturated carbocycles. The van der Waals surface area contributed by atoms with Gasteiger partial charge in [-0.25, -0.2) is 9.37 Å². The Bertz CT molecular complexity index is 1280. The molecule has 4 aromatic rings. The molecule has 2 aromatic heterocycles. The van der Waals surface area contributed by atoms with Gasteiger partial charge < -0.3 is 15.5 Å². The summed E-state index contributed by atoms with van der Waals surface area (Å²) in [7, 11) is 1.85. The molecule has 0 atom stereocenters. The van der Waals surface area contributed by atoms with E-state index >= 15 is 0 Å². The minimum absolute atomic E-state index is 0.0477. The van der Waals surface area contributed by atoms with Gasteiger partial charge in [0.25, 0.3) is 0 Å². The number of anilines is 2. The van der Waals surface area contributed by atoms with Gasteiger partial charge in [0.1, 0.15) is 11.5 Å². The molecule has 0 fully saturated rings. The molecule has 0 spiro atoms. The van der Waals surface area contributed by atoms with Crippen LogP contribution in [0.15, 0.2) is 54.6 Å². The van der Waals surface area contributed by atoms with Crippen LogP contribution in [0, 0.1) is 5.82 Å². The zero-order valence-electron chi connectivity index (χ0n) is 20.5. The van der Waals surface area contributed by atoms with E-state index in [2.05, 4.69) is 43.5 Å². The summed E-state index contributed by atoms with van der Waals surface area (Å²) in [6.45, 7) is 7.01. The van der Waals surface area contributed by atoms with Crippen molar-refractivity contribution in [3.63, 3.8) is 0 Å². The first-order valence-corrected chi connectivity index (χ1v) is 12.5. The number of amides is 1. The van der Waals surface area contributed by atoms with Crippen molar-refractivity contribution >= 4 is 33.2 Å². The highest BCUT2D eigenvalue weighted by molar-refractivity contribution is 7.20. The fourth-order valence-corrected chi connectivity index (χ4v) is 4.53.